The number of aromatic nitrogens is 2. The number of piperidine rings is 1. The molecule has 128 valence electrons. The van der Waals surface area contributed by atoms with Crippen molar-refractivity contribution in [3.8, 4) is 0 Å². The first-order valence-electron chi connectivity index (χ1n) is 8.67. The number of amides is 1. The summed E-state index contributed by atoms with van der Waals surface area (Å²) in [6, 6.07) is 10.3. The summed E-state index contributed by atoms with van der Waals surface area (Å²) in [5.74, 6) is -0.373. The SMILES string of the molecule is Cc1cc(C)n(CC2CCCCN2Cc2ccc(C(N)=O)cc2)n1. The summed E-state index contributed by atoms with van der Waals surface area (Å²) in [6.45, 7) is 7.13. The van der Waals surface area contributed by atoms with Gasteiger partial charge in [0, 0.05) is 23.8 Å². The van der Waals surface area contributed by atoms with Crippen LogP contribution in [0.3, 0.4) is 0 Å². The zero-order chi connectivity index (χ0) is 17.1. The van der Waals surface area contributed by atoms with Gasteiger partial charge in [0.2, 0.25) is 5.91 Å². The highest BCUT2D eigenvalue weighted by atomic mass is 16.1. The van der Waals surface area contributed by atoms with Gasteiger partial charge in [-0.3, -0.25) is 14.4 Å². The Kier molecular flexibility index (Phi) is 5.00. The zero-order valence-electron chi connectivity index (χ0n) is 14.5. The number of rotatable bonds is 5. The van der Waals surface area contributed by atoms with Gasteiger partial charge < -0.3 is 5.73 Å². The van der Waals surface area contributed by atoms with Crippen LogP contribution in [0.15, 0.2) is 30.3 Å². The molecule has 2 N–H and O–H groups in total. The smallest absolute Gasteiger partial charge is 0.248 e. The van der Waals surface area contributed by atoms with Gasteiger partial charge >= 0.3 is 0 Å². The molecule has 1 unspecified atom stereocenters. The fraction of sp³-hybridized carbons (Fsp3) is 0.474. The van der Waals surface area contributed by atoms with Gasteiger partial charge in [-0.25, -0.2) is 0 Å². The number of primary amides is 1. The van der Waals surface area contributed by atoms with Crippen molar-refractivity contribution in [1.29, 1.82) is 0 Å². The molecule has 1 aromatic carbocycles. The Labute approximate surface area is 143 Å². The van der Waals surface area contributed by atoms with Crippen LogP contribution in [0.25, 0.3) is 0 Å². The molecule has 1 saturated heterocycles. The highest BCUT2D eigenvalue weighted by Crippen LogP contribution is 2.22. The van der Waals surface area contributed by atoms with Crippen LogP contribution in [-0.2, 0) is 13.1 Å². The van der Waals surface area contributed by atoms with Crippen molar-refractivity contribution in [2.45, 2.75) is 52.2 Å². The number of carbonyl (C=O) groups is 1. The number of hydrogen-bond donors (Lipinski definition) is 1. The molecule has 0 spiro atoms. The summed E-state index contributed by atoms with van der Waals surface area (Å²) < 4.78 is 2.13. The van der Waals surface area contributed by atoms with E-state index in [9.17, 15) is 4.79 Å². The Morgan fingerprint density at radius 3 is 2.62 bits per heavy atom. The normalized spacial score (nSPS) is 18.7. The van der Waals surface area contributed by atoms with Gasteiger partial charge in [0.1, 0.15) is 0 Å². The van der Waals surface area contributed by atoms with E-state index in [0.29, 0.717) is 11.6 Å². The van der Waals surface area contributed by atoms with Crippen molar-refractivity contribution in [2.75, 3.05) is 6.54 Å². The second-order valence-electron chi connectivity index (χ2n) is 6.79. The van der Waals surface area contributed by atoms with E-state index in [1.165, 1.54) is 30.5 Å². The van der Waals surface area contributed by atoms with Crippen molar-refractivity contribution in [3.63, 3.8) is 0 Å². The highest BCUT2D eigenvalue weighted by Gasteiger charge is 2.23. The van der Waals surface area contributed by atoms with E-state index < -0.39 is 0 Å². The van der Waals surface area contributed by atoms with Crippen LogP contribution in [0.4, 0.5) is 0 Å². The van der Waals surface area contributed by atoms with Crippen LogP contribution in [0.1, 0.15) is 46.6 Å². The fourth-order valence-electron chi connectivity index (χ4n) is 3.54. The van der Waals surface area contributed by atoms with Crippen LogP contribution in [0, 0.1) is 13.8 Å². The lowest BCUT2D eigenvalue weighted by Crippen LogP contribution is -2.41. The maximum Gasteiger partial charge on any atom is 0.248 e. The minimum atomic E-state index is -0.373. The van der Waals surface area contributed by atoms with Crippen LogP contribution >= 0.6 is 0 Å². The maximum absolute atomic E-state index is 11.2. The molecular formula is C19H26N4O. The predicted octanol–water partition coefficient (Wildman–Crippen LogP) is 2.65. The molecule has 24 heavy (non-hydrogen) atoms. The maximum atomic E-state index is 11.2. The van der Waals surface area contributed by atoms with Gasteiger partial charge in [0.05, 0.1) is 12.2 Å². The first kappa shape index (κ1) is 16.7. The minimum absolute atomic E-state index is 0.373. The Hall–Kier alpha value is -2.14. The molecule has 0 saturated carbocycles. The fourth-order valence-corrected chi connectivity index (χ4v) is 3.54. The summed E-state index contributed by atoms with van der Waals surface area (Å²) in [7, 11) is 0. The first-order valence-corrected chi connectivity index (χ1v) is 8.67. The lowest BCUT2D eigenvalue weighted by molar-refractivity contribution is 0.1000. The molecule has 0 bridgehead atoms. The largest absolute Gasteiger partial charge is 0.366 e. The Morgan fingerprint density at radius 2 is 2.00 bits per heavy atom. The molecular weight excluding hydrogens is 300 g/mol. The monoisotopic (exact) mass is 326 g/mol. The Morgan fingerprint density at radius 1 is 1.25 bits per heavy atom. The van der Waals surface area contributed by atoms with E-state index >= 15 is 0 Å². The second kappa shape index (κ2) is 7.18. The molecule has 2 aromatic rings. The average Bonchev–Trinajstić information content (AvgIpc) is 2.87. The molecule has 1 fully saturated rings. The van der Waals surface area contributed by atoms with Crippen LogP contribution in [0.2, 0.25) is 0 Å². The molecule has 1 atom stereocenters. The third-order valence-electron chi connectivity index (χ3n) is 4.86. The van der Waals surface area contributed by atoms with Gasteiger partial charge in [-0.1, -0.05) is 18.6 Å². The average molecular weight is 326 g/mol. The standard InChI is InChI=1S/C19H26N4O/c1-14-11-15(2)23(21-14)13-18-5-3-4-10-22(18)12-16-6-8-17(9-7-16)19(20)24/h6-9,11,18H,3-5,10,12-13H2,1-2H3,(H2,20,24). The van der Waals surface area contributed by atoms with Gasteiger partial charge in [-0.15, -0.1) is 0 Å². The van der Waals surface area contributed by atoms with E-state index in [-0.39, 0.29) is 5.91 Å². The number of benzene rings is 1. The van der Waals surface area contributed by atoms with Gasteiger partial charge in [-0.2, -0.15) is 5.10 Å². The quantitative estimate of drug-likeness (QED) is 0.919. The first-order chi connectivity index (χ1) is 11.5. The van der Waals surface area contributed by atoms with Gasteiger partial charge in [0.15, 0.2) is 0 Å². The molecule has 5 heteroatoms. The third-order valence-corrected chi connectivity index (χ3v) is 4.86. The topological polar surface area (TPSA) is 64.2 Å². The summed E-state index contributed by atoms with van der Waals surface area (Å²) in [6.07, 6.45) is 3.73. The van der Waals surface area contributed by atoms with Crippen LogP contribution in [0.5, 0.6) is 0 Å². The highest BCUT2D eigenvalue weighted by molar-refractivity contribution is 5.92. The molecule has 1 amide bonds. The van der Waals surface area contributed by atoms with Crippen molar-refractivity contribution in [2.24, 2.45) is 5.73 Å². The third kappa shape index (κ3) is 3.85. The van der Waals surface area contributed by atoms with Gasteiger partial charge in [0.25, 0.3) is 0 Å². The molecule has 2 heterocycles. The number of carbonyl (C=O) groups excluding carboxylic acids is 1. The zero-order valence-corrected chi connectivity index (χ0v) is 14.5. The summed E-state index contributed by atoms with van der Waals surface area (Å²) in [5.41, 5.74) is 9.41. The summed E-state index contributed by atoms with van der Waals surface area (Å²) >= 11 is 0. The van der Waals surface area contributed by atoms with E-state index in [0.717, 1.165) is 25.3 Å². The number of hydrogen-bond acceptors (Lipinski definition) is 3. The van der Waals surface area contributed by atoms with E-state index in [2.05, 4.69) is 27.7 Å². The number of aryl methyl sites for hydroxylation is 2. The summed E-state index contributed by atoms with van der Waals surface area (Å²) in [5, 5.41) is 4.62. The van der Waals surface area contributed by atoms with Crippen molar-refractivity contribution < 1.29 is 4.79 Å². The van der Waals surface area contributed by atoms with Crippen LogP contribution < -0.4 is 5.73 Å². The van der Waals surface area contributed by atoms with Crippen molar-refractivity contribution in [1.82, 2.24) is 14.7 Å². The Bertz CT molecular complexity index is 705. The summed E-state index contributed by atoms with van der Waals surface area (Å²) in [4.78, 5) is 13.7. The van der Waals surface area contributed by atoms with Crippen molar-refractivity contribution in [3.05, 3.63) is 52.8 Å². The molecule has 1 aliphatic rings. The van der Waals surface area contributed by atoms with Crippen LogP contribution in [-0.4, -0.2) is 33.2 Å². The minimum Gasteiger partial charge on any atom is -0.366 e. The predicted molar refractivity (Wildman–Crippen MR) is 94.7 cm³/mol. The number of nitrogens with two attached hydrogens (primary N) is 1. The molecule has 1 aromatic heterocycles. The number of likely N-dealkylation sites (tertiary alicyclic amines) is 1. The van der Waals surface area contributed by atoms with Crippen molar-refractivity contribution >= 4 is 5.91 Å². The molecule has 5 nitrogen and oxygen atoms in total. The second-order valence-corrected chi connectivity index (χ2v) is 6.79. The number of nitrogens with zero attached hydrogens (tertiary/aromatic N) is 3. The van der Waals surface area contributed by atoms with Gasteiger partial charge in [-0.05, 0) is 57.0 Å². The lowest BCUT2D eigenvalue weighted by Gasteiger charge is -2.36. The lowest BCUT2D eigenvalue weighted by atomic mass is 10.0. The molecule has 0 radical (unpaired) electrons. The van der Waals surface area contributed by atoms with E-state index in [1.54, 1.807) is 0 Å². The molecule has 3 rings (SSSR count). The Balaban J connectivity index is 1.70. The molecule has 1 aliphatic heterocycles. The van der Waals surface area contributed by atoms with E-state index in [1.807, 2.05) is 31.2 Å². The van der Waals surface area contributed by atoms with E-state index in [4.69, 9.17) is 5.73 Å². The molecule has 0 aliphatic carbocycles.